The van der Waals surface area contributed by atoms with Gasteiger partial charge in [-0.1, -0.05) is 18.2 Å². The predicted octanol–water partition coefficient (Wildman–Crippen LogP) is 2.42. The summed E-state index contributed by atoms with van der Waals surface area (Å²) in [5.41, 5.74) is 1.42. The number of ether oxygens (including phenoxy) is 2. The standard InChI is InChI=1S/C18H23N5O2S/c1-13-15(14-5-3-4-6-17(14)26-13)11-22-7-10-25-16(12-22)18-19-20-21-23(18)8-9-24-2/h3-6,16H,7-12H2,1-2H3/t16-/m1/s1. The molecule has 3 heterocycles. The van der Waals surface area contributed by atoms with E-state index in [-0.39, 0.29) is 6.10 Å². The zero-order valence-corrected chi connectivity index (χ0v) is 15.9. The summed E-state index contributed by atoms with van der Waals surface area (Å²) in [7, 11) is 1.68. The Kier molecular flexibility index (Phi) is 5.26. The summed E-state index contributed by atoms with van der Waals surface area (Å²) in [5.74, 6) is 0.777. The second-order valence-electron chi connectivity index (χ2n) is 6.48. The molecule has 8 heteroatoms. The number of fused-ring (bicyclic) bond motifs is 1. The fourth-order valence-electron chi connectivity index (χ4n) is 3.42. The highest BCUT2D eigenvalue weighted by atomic mass is 32.1. The largest absolute Gasteiger partial charge is 0.383 e. The molecule has 1 saturated heterocycles. The Balaban J connectivity index is 1.50. The van der Waals surface area contributed by atoms with Crippen molar-refractivity contribution in [1.82, 2.24) is 25.1 Å². The average molecular weight is 373 g/mol. The summed E-state index contributed by atoms with van der Waals surface area (Å²) in [4.78, 5) is 3.82. The predicted molar refractivity (Wildman–Crippen MR) is 100 cm³/mol. The highest BCUT2D eigenvalue weighted by Gasteiger charge is 2.27. The normalized spacial score (nSPS) is 18.6. The van der Waals surface area contributed by atoms with E-state index in [1.165, 1.54) is 20.5 Å². The van der Waals surface area contributed by atoms with Crippen molar-refractivity contribution in [3.8, 4) is 0 Å². The van der Waals surface area contributed by atoms with Crippen LogP contribution in [0.25, 0.3) is 10.1 Å². The number of tetrazole rings is 1. The Morgan fingerprint density at radius 1 is 1.35 bits per heavy atom. The van der Waals surface area contributed by atoms with E-state index in [1.807, 2.05) is 11.3 Å². The van der Waals surface area contributed by atoms with Crippen LogP contribution in [0.15, 0.2) is 24.3 Å². The summed E-state index contributed by atoms with van der Waals surface area (Å²) < 4.78 is 14.2. The molecule has 4 rings (SSSR count). The average Bonchev–Trinajstić information content (AvgIpc) is 3.25. The van der Waals surface area contributed by atoms with Crippen LogP contribution in [0.5, 0.6) is 0 Å². The summed E-state index contributed by atoms with van der Waals surface area (Å²) >= 11 is 1.87. The fourth-order valence-corrected chi connectivity index (χ4v) is 4.50. The molecule has 3 aromatic rings. The molecule has 0 spiro atoms. The van der Waals surface area contributed by atoms with Gasteiger partial charge in [-0.25, -0.2) is 4.68 Å². The number of aryl methyl sites for hydroxylation is 1. The molecular formula is C18H23N5O2S. The van der Waals surface area contributed by atoms with Crippen LogP contribution in [0.1, 0.15) is 22.4 Å². The van der Waals surface area contributed by atoms with E-state index in [0.29, 0.717) is 19.8 Å². The zero-order chi connectivity index (χ0) is 17.9. The smallest absolute Gasteiger partial charge is 0.181 e. The van der Waals surface area contributed by atoms with E-state index < -0.39 is 0 Å². The maximum atomic E-state index is 5.97. The minimum Gasteiger partial charge on any atom is -0.383 e. The molecule has 1 fully saturated rings. The maximum absolute atomic E-state index is 5.97. The number of morpholine rings is 1. The van der Waals surface area contributed by atoms with Crippen LogP contribution in [0.2, 0.25) is 0 Å². The molecule has 138 valence electrons. The molecule has 1 atom stereocenters. The van der Waals surface area contributed by atoms with Crippen molar-refractivity contribution in [2.75, 3.05) is 33.4 Å². The minimum absolute atomic E-state index is 0.110. The number of nitrogens with zero attached hydrogens (tertiary/aromatic N) is 5. The third-order valence-electron chi connectivity index (χ3n) is 4.79. The third kappa shape index (κ3) is 3.50. The lowest BCUT2D eigenvalue weighted by molar-refractivity contribution is -0.0395. The molecule has 0 unspecified atom stereocenters. The lowest BCUT2D eigenvalue weighted by Gasteiger charge is -2.32. The van der Waals surface area contributed by atoms with Gasteiger partial charge in [0.1, 0.15) is 6.10 Å². The first-order valence-corrected chi connectivity index (χ1v) is 9.64. The van der Waals surface area contributed by atoms with Gasteiger partial charge in [-0.15, -0.1) is 16.4 Å². The second kappa shape index (κ2) is 7.79. The number of rotatable bonds is 6. The number of hydrogen-bond donors (Lipinski definition) is 0. The molecule has 0 bridgehead atoms. The summed E-state index contributed by atoms with van der Waals surface area (Å²) in [6.07, 6.45) is -0.110. The van der Waals surface area contributed by atoms with Crippen molar-refractivity contribution in [2.45, 2.75) is 26.1 Å². The number of thiophene rings is 1. The van der Waals surface area contributed by atoms with Crippen molar-refractivity contribution in [2.24, 2.45) is 0 Å². The van der Waals surface area contributed by atoms with Gasteiger partial charge in [0.2, 0.25) is 0 Å². The van der Waals surface area contributed by atoms with Gasteiger partial charge in [-0.3, -0.25) is 4.90 Å². The van der Waals surface area contributed by atoms with Crippen molar-refractivity contribution in [1.29, 1.82) is 0 Å². The SMILES string of the molecule is COCCn1nnnc1[C@H]1CN(Cc2c(C)sc3ccccc23)CCO1. The first-order valence-electron chi connectivity index (χ1n) is 8.82. The van der Waals surface area contributed by atoms with Crippen LogP contribution >= 0.6 is 11.3 Å². The van der Waals surface area contributed by atoms with Crippen LogP contribution in [-0.2, 0) is 22.6 Å². The van der Waals surface area contributed by atoms with Crippen LogP contribution < -0.4 is 0 Å². The second-order valence-corrected chi connectivity index (χ2v) is 7.74. The van der Waals surface area contributed by atoms with Gasteiger partial charge in [-0.05, 0) is 34.4 Å². The Morgan fingerprint density at radius 3 is 3.12 bits per heavy atom. The number of hydrogen-bond acceptors (Lipinski definition) is 7. The summed E-state index contributed by atoms with van der Waals surface area (Å²) in [6.45, 7) is 6.74. The zero-order valence-electron chi connectivity index (χ0n) is 15.1. The summed E-state index contributed by atoms with van der Waals surface area (Å²) in [5, 5.41) is 13.4. The first kappa shape index (κ1) is 17.5. The molecule has 0 amide bonds. The van der Waals surface area contributed by atoms with Gasteiger partial charge in [0.05, 0.1) is 19.8 Å². The van der Waals surface area contributed by atoms with Crippen LogP contribution in [0.3, 0.4) is 0 Å². The minimum atomic E-state index is -0.110. The van der Waals surface area contributed by atoms with Crippen molar-refractivity contribution < 1.29 is 9.47 Å². The molecule has 1 aromatic carbocycles. The van der Waals surface area contributed by atoms with Gasteiger partial charge >= 0.3 is 0 Å². The lowest BCUT2D eigenvalue weighted by Crippen LogP contribution is -2.39. The molecule has 2 aromatic heterocycles. The number of aromatic nitrogens is 4. The van der Waals surface area contributed by atoms with E-state index in [2.05, 4.69) is 51.6 Å². The molecule has 1 aliphatic heterocycles. The molecule has 0 saturated carbocycles. The lowest BCUT2D eigenvalue weighted by atomic mass is 10.1. The van der Waals surface area contributed by atoms with Gasteiger partial charge in [-0.2, -0.15) is 0 Å². The molecule has 0 N–H and O–H groups in total. The number of benzene rings is 1. The quantitative estimate of drug-likeness (QED) is 0.661. The van der Waals surface area contributed by atoms with Gasteiger partial charge in [0.25, 0.3) is 0 Å². The van der Waals surface area contributed by atoms with Crippen molar-refractivity contribution in [3.05, 3.63) is 40.5 Å². The van der Waals surface area contributed by atoms with Gasteiger partial charge in [0.15, 0.2) is 5.82 Å². The van der Waals surface area contributed by atoms with E-state index in [4.69, 9.17) is 9.47 Å². The molecule has 1 aliphatic rings. The highest BCUT2D eigenvalue weighted by Crippen LogP contribution is 2.32. The Bertz CT molecular complexity index is 877. The van der Waals surface area contributed by atoms with E-state index >= 15 is 0 Å². The Morgan fingerprint density at radius 2 is 2.23 bits per heavy atom. The topological polar surface area (TPSA) is 65.3 Å². The number of methoxy groups -OCH3 is 1. The van der Waals surface area contributed by atoms with Crippen LogP contribution in [0, 0.1) is 6.92 Å². The van der Waals surface area contributed by atoms with Gasteiger partial charge in [0, 0.05) is 36.3 Å². The van der Waals surface area contributed by atoms with Crippen molar-refractivity contribution in [3.63, 3.8) is 0 Å². The monoisotopic (exact) mass is 373 g/mol. The first-order chi connectivity index (χ1) is 12.8. The van der Waals surface area contributed by atoms with Crippen LogP contribution in [0.4, 0.5) is 0 Å². The third-order valence-corrected chi connectivity index (χ3v) is 5.92. The molecule has 26 heavy (non-hydrogen) atoms. The van der Waals surface area contributed by atoms with E-state index in [0.717, 1.165) is 25.5 Å². The Labute approximate surface area is 156 Å². The molecule has 0 aliphatic carbocycles. The van der Waals surface area contributed by atoms with E-state index in [9.17, 15) is 0 Å². The van der Waals surface area contributed by atoms with Gasteiger partial charge < -0.3 is 9.47 Å². The van der Waals surface area contributed by atoms with Crippen LogP contribution in [-0.4, -0.2) is 58.5 Å². The summed E-state index contributed by atoms with van der Waals surface area (Å²) in [6, 6.07) is 8.64. The Hall–Kier alpha value is -1.87. The highest BCUT2D eigenvalue weighted by molar-refractivity contribution is 7.19. The maximum Gasteiger partial charge on any atom is 0.181 e. The van der Waals surface area contributed by atoms with E-state index in [1.54, 1.807) is 11.8 Å². The fraction of sp³-hybridized carbons (Fsp3) is 0.500. The van der Waals surface area contributed by atoms with Crippen molar-refractivity contribution >= 4 is 21.4 Å². The molecule has 7 nitrogen and oxygen atoms in total. The molecular weight excluding hydrogens is 350 g/mol. The molecule has 0 radical (unpaired) electrons.